The molecule has 0 aromatic heterocycles. The summed E-state index contributed by atoms with van der Waals surface area (Å²) < 4.78 is 0. The molecule has 0 saturated heterocycles. The Bertz CT molecular complexity index is 1020. The van der Waals surface area contributed by atoms with Crippen LogP contribution in [0.2, 0.25) is 5.02 Å². The van der Waals surface area contributed by atoms with Gasteiger partial charge in [0.05, 0.1) is 23.7 Å². The minimum absolute atomic E-state index is 0.183. The highest BCUT2D eigenvalue weighted by atomic mass is 35.5. The number of halogens is 1. The summed E-state index contributed by atoms with van der Waals surface area (Å²) in [6.07, 6.45) is 2.44. The van der Waals surface area contributed by atoms with Crippen LogP contribution in [0, 0.1) is 17.9 Å². The Morgan fingerprint density at radius 3 is 2.53 bits per heavy atom. The molecule has 2 aromatic carbocycles. The van der Waals surface area contributed by atoms with Crippen molar-refractivity contribution in [2.24, 2.45) is 17.4 Å². The first-order valence-corrected chi connectivity index (χ1v) is 10.6. The van der Waals surface area contributed by atoms with Crippen LogP contribution < -0.4 is 21.3 Å². The molecule has 3 atom stereocenters. The van der Waals surface area contributed by atoms with Crippen LogP contribution in [0.3, 0.4) is 0 Å². The number of fused-ring (bicyclic) bond motifs is 1. The van der Waals surface area contributed by atoms with Crippen LogP contribution >= 0.6 is 11.6 Å². The third kappa shape index (κ3) is 3.87. The minimum Gasteiger partial charge on any atom is -0.339 e. The summed E-state index contributed by atoms with van der Waals surface area (Å²) in [4.78, 5) is 6.36. The van der Waals surface area contributed by atoms with Crippen molar-refractivity contribution < 1.29 is 0 Å². The lowest BCUT2D eigenvalue weighted by Gasteiger charge is -2.36. The van der Waals surface area contributed by atoms with Crippen molar-refractivity contribution in [2.45, 2.75) is 32.6 Å². The molecule has 0 saturated carbocycles. The van der Waals surface area contributed by atoms with Gasteiger partial charge in [-0.15, -0.1) is 0 Å². The quantitative estimate of drug-likeness (QED) is 0.728. The summed E-state index contributed by atoms with van der Waals surface area (Å²) in [6, 6.07) is 17.5. The number of anilines is 3. The molecule has 3 unspecified atom stereocenters. The number of rotatable bonds is 3. The monoisotopic (exact) mass is 421 g/mol. The normalized spacial score (nSPS) is 21.9. The Kier molecular flexibility index (Phi) is 5.66. The molecule has 30 heavy (non-hydrogen) atoms. The van der Waals surface area contributed by atoms with Crippen LogP contribution in [-0.4, -0.2) is 30.8 Å². The summed E-state index contributed by atoms with van der Waals surface area (Å²) in [5.74, 6) is 3.40. The maximum Gasteiger partial charge on any atom is 0.0830 e. The lowest BCUT2D eigenvalue weighted by atomic mass is 10.0. The van der Waals surface area contributed by atoms with Gasteiger partial charge in [0, 0.05) is 48.9 Å². The number of benzene rings is 2. The van der Waals surface area contributed by atoms with Gasteiger partial charge in [-0.25, -0.2) is 0 Å². The molecule has 2 aliphatic heterocycles. The van der Waals surface area contributed by atoms with Gasteiger partial charge >= 0.3 is 0 Å². The second kappa shape index (κ2) is 8.23. The molecular formula is C24H28ClN5. The first-order chi connectivity index (χ1) is 14.3. The first kappa shape index (κ1) is 20.6. The number of allylic oxidation sites excluding steroid dienone is 1. The van der Waals surface area contributed by atoms with E-state index >= 15 is 0 Å². The van der Waals surface area contributed by atoms with Gasteiger partial charge in [-0.1, -0.05) is 30.5 Å². The fourth-order valence-electron chi connectivity index (χ4n) is 4.19. The molecule has 156 valence electrons. The van der Waals surface area contributed by atoms with Gasteiger partial charge in [0.1, 0.15) is 0 Å². The summed E-state index contributed by atoms with van der Waals surface area (Å²) in [5.41, 5.74) is 18.6. The van der Waals surface area contributed by atoms with Gasteiger partial charge in [-0.05, 0) is 54.5 Å². The third-order valence-electron chi connectivity index (χ3n) is 5.75. The lowest BCUT2D eigenvalue weighted by Crippen LogP contribution is -2.54. The predicted molar refractivity (Wildman–Crippen MR) is 126 cm³/mol. The zero-order valence-corrected chi connectivity index (χ0v) is 18.4. The van der Waals surface area contributed by atoms with Crippen molar-refractivity contribution in [3.8, 4) is 12.0 Å². The molecule has 0 fully saturated rings. The van der Waals surface area contributed by atoms with Crippen molar-refractivity contribution in [1.82, 2.24) is 4.90 Å². The van der Waals surface area contributed by atoms with Crippen molar-refractivity contribution in [3.05, 3.63) is 59.3 Å². The molecule has 5 nitrogen and oxygen atoms in total. The summed E-state index contributed by atoms with van der Waals surface area (Å²) >= 11 is 6.15. The Labute approximate surface area is 183 Å². The van der Waals surface area contributed by atoms with Crippen LogP contribution in [-0.2, 0) is 0 Å². The van der Waals surface area contributed by atoms with E-state index in [2.05, 4.69) is 65.2 Å². The second-order valence-corrected chi connectivity index (χ2v) is 8.57. The molecule has 2 aromatic rings. The molecule has 0 amide bonds. The first-order valence-electron chi connectivity index (χ1n) is 10.2. The molecule has 0 spiro atoms. The average Bonchev–Trinajstić information content (AvgIpc) is 2.83. The zero-order valence-electron chi connectivity index (χ0n) is 17.6. The molecule has 2 heterocycles. The van der Waals surface area contributed by atoms with E-state index in [1.807, 2.05) is 31.0 Å². The van der Waals surface area contributed by atoms with Gasteiger partial charge < -0.3 is 26.2 Å². The highest BCUT2D eigenvalue weighted by Crippen LogP contribution is 2.42. The van der Waals surface area contributed by atoms with E-state index < -0.39 is 0 Å². The maximum atomic E-state index is 6.66. The van der Waals surface area contributed by atoms with Gasteiger partial charge in [0.15, 0.2) is 0 Å². The molecular weight excluding hydrogens is 394 g/mol. The summed E-state index contributed by atoms with van der Waals surface area (Å²) in [6.45, 7) is 4.93. The van der Waals surface area contributed by atoms with E-state index in [0.717, 1.165) is 40.6 Å². The summed E-state index contributed by atoms with van der Waals surface area (Å²) in [7, 11) is 1.97. The third-order valence-corrected chi connectivity index (χ3v) is 6.00. The highest BCUT2D eigenvalue weighted by molar-refractivity contribution is 6.30. The van der Waals surface area contributed by atoms with Crippen LogP contribution in [0.25, 0.3) is 5.57 Å². The second-order valence-electron chi connectivity index (χ2n) is 8.14. The SMILES string of the molecule is CC1CN(c2ccc(Cl)cc2)c2cc(C3=CN(C)C#CC3)ccc2N(C(C)N)C1N. The van der Waals surface area contributed by atoms with Crippen LogP contribution in [0.15, 0.2) is 48.7 Å². The maximum absolute atomic E-state index is 6.66. The van der Waals surface area contributed by atoms with E-state index in [9.17, 15) is 0 Å². The van der Waals surface area contributed by atoms with E-state index in [1.165, 1.54) is 5.57 Å². The average molecular weight is 422 g/mol. The van der Waals surface area contributed by atoms with E-state index in [-0.39, 0.29) is 18.2 Å². The molecule has 0 bridgehead atoms. The molecule has 2 aliphatic rings. The number of nitrogens with zero attached hydrogens (tertiary/aromatic N) is 3. The highest BCUT2D eigenvalue weighted by Gasteiger charge is 2.33. The Hall–Kier alpha value is -2.65. The number of nitrogens with two attached hydrogens (primary N) is 2. The van der Waals surface area contributed by atoms with Crippen molar-refractivity contribution >= 4 is 34.2 Å². The van der Waals surface area contributed by atoms with Crippen molar-refractivity contribution in [2.75, 3.05) is 23.4 Å². The van der Waals surface area contributed by atoms with Gasteiger partial charge in [0.2, 0.25) is 0 Å². The van der Waals surface area contributed by atoms with Crippen molar-refractivity contribution in [3.63, 3.8) is 0 Å². The van der Waals surface area contributed by atoms with Crippen LogP contribution in [0.5, 0.6) is 0 Å². The zero-order chi connectivity index (χ0) is 21.4. The van der Waals surface area contributed by atoms with Crippen LogP contribution in [0.4, 0.5) is 17.1 Å². The molecule has 0 aliphatic carbocycles. The molecule has 4 rings (SSSR count). The van der Waals surface area contributed by atoms with Gasteiger partial charge in [-0.2, -0.15) is 0 Å². The van der Waals surface area contributed by atoms with E-state index in [1.54, 1.807) is 0 Å². The smallest absolute Gasteiger partial charge is 0.0830 e. The van der Waals surface area contributed by atoms with Gasteiger partial charge in [-0.3, -0.25) is 0 Å². The van der Waals surface area contributed by atoms with Crippen molar-refractivity contribution in [1.29, 1.82) is 0 Å². The van der Waals surface area contributed by atoms with E-state index in [0.29, 0.717) is 0 Å². The summed E-state index contributed by atoms with van der Waals surface area (Å²) in [5, 5.41) is 0.721. The standard InChI is InChI=1S/C24H28ClN5/c1-16-14-29(21-9-7-20(25)8-10-21)23-13-18(19-5-4-12-28(3)15-19)6-11-22(23)30(17(2)26)24(16)27/h6-11,13,15-17,24H,5,14,26-27H2,1-3H3. The molecule has 6 heteroatoms. The van der Waals surface area contributed by atoms with E-state index in [4.69, 9.17) is 23.1 Å². The Morgan fingerprint density at radius 1 is 1.13 bits per heavy atom. The Balaban J connectivity index is 1.88. The fraction of sp³-hybridized carbons (Fsp3) is 0.333. The number of hydrogen-bond acceptors (Lipinski definition) is 5. The topological polar surface area (TPSA) is 61.8 Å². The lowest BCUT2D eigenvalue weighted by molar-refractivity contribution is 0.423. The Morgan fingerprint density at radius 2 is 1.87 bits per heavy atom. The van der Waals surface area contributed by atoms with Crippen LogP contribution in [0.1, 0.15) is 25.8 Å². The largest absolute Gasteiger partial charge is 0.339 e. The molecule has 4 N–H and O–H groups in total. The van der Waals surface area contributed by atoms with Gasteiger partial charge in [0.25, 0.3) is 0 Å². The number of hydrogen-bond donors (Lipinski definition) is 2. The minimum atomic E-state index is -0.205. The molecule has 0 radical (unpaired) electrons. The predicted octanol–water partition coefficient (Wildman–Crippen LogP) is 4.16. The fourth-order valence-corrected chi connectivity index (χ4v) is 4.32.